The first-order valence-electron chi connectivity index (χ1n) is 7.47. The van der Waals surface area contributed by atoms with E-state index in [0.29, 0.717) is 16.6 Å². The van der Waals surface area contributed by atoms with Gasteiger partial charge in [0.1, 0.15) is 11.4 Å². The number of carbonyl (C=O) groups excluding carboxylic acids is 2. The van der Waals surface area contributed by atoms with Gasteiger partial charge in [0, 0.05) is 14.1 Å². The van der Waals surface area contributed by atoms with Crippen LogP contribution in [0.15, 0.2) is 23.4 Å². The van der Waals surface area contributed by atoms with E-state index in [0.717, 1.165) is 5.56 Å². The second-order valence-electron chi connectivity index (χ2n) is 5.26. The van der Waals surface area contributed by atoms with Crippen LogP contribution in [-0.4, -0.2) is 70.4 Å². The van der Waals surface area contributed by atoms with Gasteiger partial charge in [0.15, 0.2) is 0 Å². The van der Waals surface area contributed by atoms with Crippen molar-refractivity contribution in [1.82, 2.24) is 30.4 Å². The molecule has 1 heterocycles. The molecule has 0 bridgehead atoms. The lowest BCUT2D eigenvalue weighted by Gasteiger charge is -2.15. The Morgan fingerprint density at radius 3 is 2.84 bits per heavy atom. The summed E-state index contributed by atoms with van der Waals surface area (Å²) in [6.07, 6.45) is 0. The van der Waals surface area contributed by atoms with Crippen LogP contribution in [0, 0.1) is 6.92 Å². The Bertz CT molecular complexity index is 763. The van der Waals surface area contributed by atoms with E-state index in [-0.39, 0.29) is 24.1 Å². The highest BCUT2D eigenvalue weighted by atomic mass is 32.2. The molecule has 0 aliphatic heterocycles. The van der Waals surface area contributed by atoms with Crippen LogP contribution in [0.5, 0.6) is 5.75 Å². The normalized spacial score (nSPS) is 10.4. The highest BCUT2D eigenvalue weighted by Gasteiger charge is 2.17. The van der Waals surface area contributed by atoms with E-state index in [1.54, 1.807) is 14.2 Å². The maximum Gasteiger partial charge on any atom is 0.239 e. The van der Waals surface area contributed by atoms with Crippen LogP contribution in [-0.2, 0) is 9.59 Å². The molecule has 1 aromatic carbocycles. The second-order valence-corrected chi connectivity index (χ2v) is 6.20. The maximum atomic E-state index is 12.1. The second kappa shape index (κ2) is 8.47. The molecule has 2 amide bonds. The number of thioether (sulfide) groups is 1. The number of amides is 2. The van der Waals surface area contributed by atoms with Crippen molar-refractivity contribution in [2.24, 2.45) is 0 Å². The number of likely N-dealkylation sites (N-methyl/N-ethyl adjacent to an activating group) is 2. The number of methoxy groups -OCH3 is 1. The van der Waals surface area contributed by atoms with Crippen molar-refractivity contribution in [3.8, 4) is 11.4 Å². The van der Waals surface area contributed by atoms with Crippen molar-refractivity contribution in [3.63, 3.8) is 0 Å². The summed E-state index contributed by atoms with van der Waals surface area (Å²) >= 11 is 1.19. The smallest absolute Gasteiger partial charge is 0.239 e. The quantitative estimate of drug-likeness (QED) is 0.704. The first-order valence-corrected chi connectivity index (χ1v) is 8.45. The molecule has 2 aromatic rings. The van der Waals surface area contributed by atoms with Gasteiger partial charge in [-0.2, -0.15) is 4.68 Å². The number of benzene rings is 1. The van der Waals surface area contributed by atoms with Crippen molar-refractivity contribution in [1.29, 1.82) is 0 Å². The van der Waals surface area contributed by atoms with E-state index in [9.17, 15) is 9.59 Å². The molecule has 0 radical (unpaired) electrons. The van der Waals surface area contributed by atoms with E-state index >= 15 is 0 Å². The van der Waals surface area contributed by atoms with Crippen LogP contribution in [0.1, 0.15) is 5.56 Å². The molecular weight excluding hydrogens is 344 g/mol. The number of rotatable bonds is 7. The van der Waals surface area contributed by atoms with E-state index in [4.69, 9.17) is 4.74 Å². The Morgan fingerprint density at radius 2 is 2.16 bits per heavy atom. The van der Waals surface area contributed by atoms with Gasteiger partial charge in [-0.1, -0.05) is 17.8 Å². The lowest BCUT2D eigenvalue weighted by molar-refractivity contribution is -0.132. The van der Waals surface area contributed by atoms with Gasteiger partial charge in [-0.15, -0.1) is 5.10 Å². The fourth-order valence-corrected chi connectivity index (χ4v) is 2.83. The molecule has 0 aliphatic carbocycles. The fourth-order valence-electron chi connectivity index (χ4n) is 2.00. The zero-order valence-electron chi connectivity index (χ0n) is 14.5. The first-order chi connectivity index (χ1) is 12.0. The summed E-state index contributed by atoms with van der Waals surface area (Å²) in [5, 5.41) is 14.6. The Labute approximate surface area is 149 Å². The molecule has 0 aliphatic rings. The van der Waals surface area contributed by atoms with Crippen molar-refractivity contribution in [3.05, 3.63) is 23.8 Å². The molecule has 9 nitrogen and oxygen atoms in total. The van der Waals surface area contributed by atoms with Crippen LogP contribution in [0.3, 0.4) is 0 Å². The SMILES string of the molecule is CNC(=O)CN(C)C(=O)CSc1nnnn1-c1cc(C)ccc1OC. The van der Waals surface area contributed by atoms with Gasteiger partial charge in [0.05, 0.1) is 19.4 Å². The molecule has 0 spiro atoms. The van der Waals surface area contributed by atoms with Crippen molar-refractivity contribution in [2.45, 2.75) is 12.1 Å². The lowest BCUT2D eigenvalue weighted by Crippen LogP contribution is -2.37. The van der Waals surface area contributed by atoms with Crippen LogP contribution < -0.4 is 10.1 Å². The Hall–Kier alpha value is -2.62. The third kappa shape index (κ3) is 4.69. The Balaban J connectivity index is 2.11. The van der Waals surface area contributed by atoms with Gasteiger partial charge < -0.3 is 15.0 Å². The molecule has 0 unspecified atom stereocenters. The molecule has 10 heteroatoms. The number of tetrazole rings is 1. The Morgan fingerprint density at radius 1 is 1.40 bits per heavy atom. The molecule has 0 fully saturated rings. The van der Waals surface area contributed by atoms with Crippen molar-refractivity contribution >= 4 is 23.6 Å². The summed E-state index contributed by atoms with van der Waals surface area (Å²) < 4.78 is 6.88. The summed E-state index contributed by atoms with van der Waals surface area (Å²) in [6, 6.07) is 5.67. The number of nitrogens with one attached hydrogen (secondary N) is 1. The fraction of sp³-hybridized carbons (Fsp3) is 0.400. The lowest BCUT2D eigenvalue weighted by atomic mass is 10.2. The predicted octanol–water partition coefficient (Wildman–Crippen LogP) is 0.276. The van der Waals surface area contributed by atoms with Crippen LogP contribution in [0.25, 0.3) is 5.69 Å². The minimum absolute atomic E-state index is 0.00648. The zero-order chi connectivity index (χ0) is 18.4. The molecule has 134 valence electrons. The van der Waals surface area contributed by atoms with Gasteiger partial charge in [0.25, 0.3) is 0 Å². The average Bonchev–Trinajstić information content (AvgIpc) is 3.07. The zero-order valence-corrected chi connectivity index (χ0v) is 15.3. The molecule has 0 atom stereocenters. The number of hydrogen-bond donors (Lipinski definition) is 1. The number of aromatic nitrogens is 4. The first kappa shape index (κ1) is 18.7. The van der Waals surface area contributed by atoms with E-state index < -0.39 is 0 Å². The number of ether oxygens (including phenoxy) is 1. The average molecular weight is 364 g/mol. The third-order valence-electron chi connectivity index (χ3n) is 3.41. The highest BCUT2D eigenvalue weighted by molar-refractivity contribution is 7.99. The molecule has 0 saturated carbocycles. The monoisotopic (exact) mass is 364 g/mol. The van der Waals surface area contributed by atoms with Gasteiger partial charge in [-0.05, 0) is 35.0 Å². The van der Waals surface area contributed by atoms with Gasteiger partial charge in [0.2, 0.25) is 17.0 Å². The van der Waals surface area contributed by atoms with E-state index in [2.05, 4.69) is 20.8 Å². The highest BCUT2D eigenvalue weighted by Crippen LogP contribution is 2.26. The van der Waals surface area contributed by atoms with Crippen molar-refractivity contribution < 1.29 is 14.3 Å². The maximum absolute atomic E-state index is 12.1. The summed E-state index contributed by atoms with van der Waals surface area (Å²) in [4.78, 5) is 24.8. The Kier molecular flexibility index (Phi) is 6.34. The standard InChI is InChI=1S/C15H20N6O3S/c1-10-5-6-12(24-4)11(7-10)21-15(17-18-19-21)25-9-14(23)20(3)8-13(22)16-2/h5-7H,8-9H2,1-4H3,(H,16,22). The minimum Gasteiger partial charge on any atom is -0.494 e. The summed E-state index contributed by atoms with van der Waals surface area (Å²) in [5.41, 5.74) is 1.73. The number of hydrogen-bond acceptors (Lipinski definition) is 7. The summed E-state index contributed by atoms with van der Waals surface area (Å²) in [7, 11) is 4.67. The summed E-state index contributed by atoms with van der Waals surface area (Å²) in [5.74, 6) is 0.319. The number of nitrogens with zero attached hydrogens (tertiary/aromatic N) is 5. The van der Waals surface area contributed by atoms with Gasteiger partial charge in [-0.3, -0.25) is 9.59 Å². The molecule has 25 heavy (non-hydrogen) atoms. The molecule has 2 rings (SSSR count). The minimum atomic E-state index is -0.227. The molecule has 1 N–H and O–H groups in total. The predicted molar refractivity (Wildman–Crippen MR) is 92.9 cm³/mol. The van der Waals surface area contributed by atoms with Gasteiger partial charge >= 0.3 is 0 Å². The van der Waals surface area contributed by atoms with Crippen molar-refractivity contribution in [2.75, 3.05) is 33.5 Å². The summed E-state index contributed by atoms with van der Waals surface area (Å²) in [6.45, 7) is 1.96. The molecule has 0 saturated heterocycles. The van der Waals surface area contributed by atoms with Crippen LogP contribution in [0.2, 0.25) is 0 Å². The largest absolute Gasteiger partial charge is 0.494 e. The topological polar surface area (TPSA) is 102 Å². The van der Waals surface area contributed by atoms with Crippen LogP contribution in [0.4, 0.5) is 0 Å². The molecular formula is C15H20N6O3S. The van der Waals surface area contributed by atoms with E-state index in [1.807, 2.05) is 25.1 Å². The van der Waals surface area contributed by atoms with E-state index in [1.165, 1.54) is 28.4 Å². The van der Waals surface area contributed by atoms with Gasteiger partial charge in [-0.25, -0.2) is 0 Å². The molecule has 1 aromatic heterocycles. The number of aryl methyl sites for hydroxylation is 1. The number of carbonyl (C=O) groups is 2. The van der Waals surface area contributed by atoms with Crippen LogP contribution >= 0.6 is 11.8 Å². The third-order valence-corrected chi connectivity index (χ3v) is 4.32.